The van der Waals surface area contributed by atoms with Crippen molar-refractivity contribution >= 4 is 0 Å². The van der Waals surface area contributed by atoms with E-state index in [-0.39, 0.29) is 11.5 Å². The normalized spacial score (nSPS) is 49.3. The maximum Gasteiger partial charge on any atom is 0.0734 e. The first-order valence-corrected chi connectivity index (χ1v) is 13.0. The molecule has 3 heteroatoms. The van der Waals surface area contributed by atoms with E-state index < -0.39 is 5.60 Å². The van der Waals surface area contributed by atoms with Crippen LogP contribution >= 0.6 is 0 Å². The lowest BCUT2D eigenvalue weighted by molar-refractivity contribution is -0.210. The zero-order chi connectivity index (χ0) is 20.7. The first-order chi connectivity index (χ1) is 13.8. The molecule has 3 nitrogen and oxygen atoms in total. The van der Waals surface area contributed by atoms with Crippen molar-refractivity contribution in [3.63, 3.8) is 0 Å². The minimum atomic E-state index is -0.440. The summed E-state index contributed by atoms with van der Waals surface area (Å²) in [7, 11) is 0. The van der Waals surface area contributed by atoms with Crippen LogP contribution in [0.1, 0.15) is 110 Å². The largest absolute Gasteiger partial charge is 0.393 e. The van der Waals surface area contributed by atoms with Gasteiger partial charge in [-0.3, -0.25) is 0 Å². The van der Waals surface area contributed by atoms with E-state index in [9.17, 15) is 10.2 Å². The summed E-state index contributed by atoms with van der Waals surface area (Å²) in [6, 6.07) is 0. The Kier molecular flexibility index (Phi) is 6.42. The molecule has 4 aliphatic rings. The SMILES string of the molecule is C[C@]12CC[C@H](O)C[C@H]1CC[C@@H]1[C@@H]2CC[C@]2(C)[C@@H](CCCCCCCN)CC[C@]12O. The topological polar surface area (TPSA) is 66.5 Å². The molecule has 8 atom stereocenters. The van der Waals surface area contributed by atoms with Gasteiger partial charge in [-0.05, 0) is 112 Å². The molecule has 0 amide bonds. The van der Waals surface area contributed by atoms with Crippen LogP contribution in [0.15, 0.2) is 0 Å². The summed E-state index contributed by atoms with van der Waals surface area (Å²) in [5.74, 6) is 2.54. The molecule has 0 bridgehead atoms. The Morgan fingerprint density at radius 3 is 2.38 bits per heavy atom. The summed E-state index contributed by atoms with van der Waals surface area (Å²) in [4.78, 5) is 0. The third-order valence-corrected chi connectivity index (χ3v) is 10.8. The summed E-state index contributed by atoms with van der Waals surface area (Å²) in [5, 5.41) is 22.4. The summed E-state index contributed by atoms with van der Waals surface area (Å²) >= 11 is 0. The number of aliphatic hydroxyl groups excluding tert-OH is 1. The highest BCUT2D eigenvalue weighted by Gasteiger charge is 2.66. The molecule has 0 radical (unpaired) electrons. The van der Waals surface area contributed by atoms with Crippen LogP contribution in [0, 0.1) is 34.5 Å². The molecule has 0 aromatic heterocycles. The molecule has 0 aromatic carbocycles. The van der Waals surface area contributed by atoms with Crippen LogP contribution in [0.3, 0.4) is 0 Å². The van der Waals surface area contributed by atoms with Crippen molar-refractivity contribution in [3.05, 3.63) is 0 Å². The number of hydrogen-bond acceptors (Lipinski definition) is 3. The van der Waals surface area contributed by atoms with Crippen molar-refractivity contribution in [2.75, 3.05) is 6.54 Å². The van der Waals surface area contributed by atoms with Crippen molar-refractivity contribution in [2.24, 2.45) is 40.2 Å². The monoisotopic (exact) mass is 405 g/mol. The van der Waals surface area contributed by atoms with E-state index in [1.165, 1.54) is 77.0 Å². The average molecular weight is 406 g/mol. The Balaban J connectivity index is 1.43. The lowest BCUT2D eigenvalue weighted by Crippen LogP contribution is -2.62. The zero-order valence-electron chi connectivity index (χ0n) is 19.2. The van der Waals surface area contributed by atoms with E-state index in [0.717, 1.165) is 25.8 Å². The van der Waals surface area contributed by atoms with Gasteiger partial charge in [-0.2, -0.15) is 0 Å². The van der Waals surface area contributed by atoms with Crippen LogP contribution < -0.4 is 5.73 Å². The Morgan fingerprint density at radius 1 is 0.828 bits per heavy atom. The third-order valence-electron chi connectivity index (χ3n) is 10.8. The second-order valence-corrected chi connectivity index (χ2v) is 11.9. The molecule has 4 rings (SSSR count). The second-order valence-electron chi connectivity index (χ2n) is 11.9. The van der Waals surface area contributed by atoms with Gasteiger partial charge in [0.1, 0.15) is 0 Å². The number of aliphatic hydroxyl groups is 2. The number of nitrogens with two attached hydrogens (primary N) is 1. The van der Waals surface area contributed by atoms with Gasteiger partial charge in [0.15, 0.2) is 0 Å². The molecule has 0 heterocycles. The molecule has 4 aliphatic carbocycles. The van der Waals surface area contributed by atoms with Gasteiger partial charge in [-0.25, -0.2) is 0 Å². The molecule has 4 N–H and O–H groups in total. The molecule has 4 saturated carbocycles. The van der Waals surface area contributed by atoms with Crippen molar-refractivity contribution in [2.45, 2.75) is 122 Å². The zero-order valence-corrected chi connectivity index (χ0v) is 19.2. The van der Waals surface area contributed by atoms with Crippen LogP contribution in [0.4, 0.5) is 0 Å². The van der Waals surface area contributed by atoms with Gasteiger partial charge >= 0.3 is 0 Å². The Bertz CT molecular complexity index is 567. The third kappa shape index (κ3) is 3.61. The second kappa shape index (κ2) is 8.43. The smallest absolute Gasteiger partial charge is 0.0734 e. The highest BCUT2D eigenvalue weighted by atomic mass is 16.3. The first-order valence-electron chi connectivity index (χ1n) is 13.0. The van der Waals surface area contributed by atoms with Crippen LogP contribution in [-0.2, 0) is 0 Å². The van der Waals surface area contributed by atoms with Gasteiger partial charge in [0, 0.05) is 0 Å². The van der Waals surface area contributed by atoms with E-state index in [0.29, 0.717) is 29.1 Å². The van der Waals surface area contributed by atoms with E-state index in [2.05, 4.69) is 13.8 Å². The highest BCUT2D eigenvalue weighted by Crippen LogP contribution is 2.69. The number of fused-ring (bicyclic) bond motifs is 5. The van der Waals surface area contributed by atoms with Crippen LogP contribution in [-0.4, -0.2) is 28.5 Å². The predicted molar refractivity (Wildman–Crippen MR) is 119 cm³/mol. The summed E-state index contributed by atoms with van der Waals surface area (Å²) in [6.45, 7) is 5.80. The number of hydrogen-bond donors (Lipinski definition) is 3. The van der Waals surface area contributed by atoms with E-state index in [4.69, 9.17) is 5.73 Å². The van der Waals surface area contributed by atoms with Crippen LogP contribution in [0.2, 0.25) is 0 Å². The lowest BCUT2D eigenvalue weighted by Gasteiger charge is -2.63. The maximum atomic E-state index is 12.2. The molecular weight excluding hydrogens is 358 g/mol. The first kappa shape index (κ1) is 22.1. The van der Waals surface area contributed by atoms with Gasteiger partial charge in [0.25, 0.3) is 0 Å². The quantitative estimate of drug-likeness (QED) is 0.495. The van der Waals surface area contributed by atoms with Crippen molar-refractivity contribution in [1.29, 1.82) is 0 Å². The minimum absolute atomic E-state index is 0.0812. The van der Waals surface area contributed by atoms with Crippen LogP contribution in [0.5, 0.6) is 0 Å². The molecule has 29 heavy (non-hydrogen) atoms. The Labute approximate surface area is 179 Å². The number of unbranched alkanes of at least 4 members (excludes halogenated alkanes) is 4. The molecule has 4 fully saturated rings. The van der Waals surface area contributed by atoms with Gasteiger partial charge in [0.2, 0.25) is 0 Å². The predicted octanol–water partition coefficient (Wildman–Crippen LogP) is 5.42. The number of rotatable bonds is 7. The molecular formula is C26H47NO2. The van der Waals surface area contributed by atoms with Crippen LogP contribution in [0.25, 0.3) is 0 Å². The molecule has 168 valence electrons. The highest BCUT2D eigenvalue weighted by molar-refractivity contribution is 5.16. The summed E-state index contributed by atoms with van der Waals surface area (Å²) in [6.07, 6.45) is 18.0. The van der Waals surface area contributed by atoms with Gasteiger partial charge < -0.3 is 15.9 Å². The summed E-state index contributed by atoms with van der Waals surface area (Å²) < 4.78 is 0. The van der Waals surface area contributed by atoms with E-state index >= 15 is 0 Å². The van der Waals surface area contributed by atoms with Gasteiger partial charge in [-0.1, -0.05) is 39.5 Å². The molecule has 0 spiro atoms. The summed E-state index contributed by atoms with van der Waals surface area (Å²) in [5.41, 5.74) is 5.65. The van der Waals surface area contributed by atoms with Crippen molar-refractivity contribution in [3.8, 4) is 0 Å². The Morgan fingerprint density at radius 2 is 1.59 bits per heavy atom. The standard InChI is InChI=1S/C26H47NO2/c1-24-14-12-21(28)18-20(24)9-10-23-22(24)13-15-25(2)19(11-16-26(23,25)29)8-6-4-3-5-7-17-27/h19-23,28-29H,3-18,27H2,1-2H3/t19-,20+,21-,22-,23+,24-,25+,26-/m0/s1. The minimum Gasteiger partial charge on any atom is -0.393 e. The Hall–Kier alpha value is -0.120. The fourth-order valence-corrected chi connectivity index (χ4v) is 8.84. The fourth-order valence-electron chi connectivity index (χ4n) is 8.84. The molecule has 0 aromatic rings. The van der Waals surface area contributed by atoms with Crippen molar-refractivity contribution in [1.82, 2.24) is 0 Å². The van der Waals surface area contributed by atoms with E-state index in [1.807, 2.05) is 0 Å². The van der Waals surface area contributed by atoms with Crippen molar-refractivity contribution < 1.29 is 10.2 Å². The van der Waals surface area contributed by atoms with Gasteiger partial charge in [0.05, 0.1) is 11.7 Å². The molecule has 0 aliphatic heterocycles. The maximum absolute atomic E-state index is 12.2. The fraction of sp³-hybridized carbons (Fsp3) is 1.00. The average Bonchev–Trinajstić information content (AvgIpc) is 2.96. The van der Waals surface area contributed by atoms with Gasteiger partial charge in [-0.15, -0.1) is 0 Å². The molecule has 0 saturated heterocycles. The van der Waals surface area contributed by atoms with E-state index in [1.54, 1.807) is 0 Å². The lowest BCUT2D eigenvalue weighted by atomic mass is 9.43. The molecule has 0 unspecified atom stereocenters.